The molecule has 2 rings (SSSR count). The molecule has 0 saturated carbocycles. The Labute approximate surface area is 116 Å². The van der Waals surface area contributed by atoms with E-state index in [1.807, 2.05) is 12.1 Å². The van der Waals surface area contributed by atoms with Crippen molar-refractivity contribution >= 4 is 29.2 Å². The summed E-state index contributed by atoms with van der Waals surface area (Å²) in [5, 5.41) is 9.89. The molecule has 1 unspecified atom stereocenters. The zero-order valence-corrected chi connectivity index (χ0v) is 11.4. The minimum atomic E-state index is -0.712. The highest BCUT2D eigenvalue weighted by molar-refractivity contribution is 6.42. The normalized spacial score (nSPS) is 20.2. The number of carboxylic acids is 1. The Morgan fingerprint density at radius 1 is 1.39 bits per heavy atom. The van der Waals surface area contributed by atoms with Gasteiger partial charge < -0.3 is 5.11 Å². The van der Waals surface area contributed by atoms with E-state index in [2.05, 4.69) is 4.90 Å². The summed E-state index contributed by atoms with van der Waals surface area (Å²) >= 11 is 11.8. The fourth-order valence-corrected chi connectivity index (χ4v) is 2.69. The summed E-state index contributed by atoms with van der Waals surface area (Å²) in [7, 11) is 0. The number of hydrogen-bond acceptors (Lipinski definition) is 2. The topological polar surface area (TPSA) is 40.5 Å². The number of benzene rings is 1. The van der Waals surface area contributed by atoms with Gasteiger partial charge in [-0.25, -0.2) is 0 Å². The van der Waals surface area contributed by atoms with Crippen molar-refractivity contribution in [3.8, 4) is 0 Å². The van der Waals surface area contributed by atoms with Crippen LogP contribution in [0.1, 0.15) is 18.4 Å². The minimum absolute atomic E-state index is 0.262. The van der Waals surface area contributed by atoms with Crippen LogP contribution in [0.5, 0.6) is 0 Å². The first-order valence-electron chi connectivity index (χ1n) is 5.92. The molecular weight excluding hydrogens is 273 g/mol. The van der Waals surface area contributed by atoms with Gasteiger partial charge in [-0.2, -0.15) is 0 Å². The van der Waals surface area contributed by atoms with E-state index in [-0.39, 0.29) is 12.3 Å². The van der Waals surface area contributed by atoms with Crippen LogP contribution in [0, 0.1) is 5.92 Å². The Morgan fingerprint density at radius 2 is 2.17 bits per heavy atom. The third-order valence-electron chi connectivity index (χ3n) is 3.22. The highest BCUT2D eigenvalue weighted by Crippen LogP contribution is 2.25. The molecule has 0 aromatic heterocycles. The summed E-state index contributed by atoms with van der Waals surface area (Å²) < 4.78 is 0. The lowest BCUT2D eigenvalue weighted by molar-refractivity contribution is -0.138. The van der Waals surface area contributed by atoms with Crippen LogP contribution in [0.4, 0.5) is 0 Å². The van der Waals surface area contributed by atoms with Crippen LogP contribution in [0.25, 0.3) is 0 Å². The molecule has 1 aromatic rings. The van der Waals surface area contributed by atoms with Crippen molar-refractivity contribution in [2.24, 2.45) is 5.92 Å². The van der Waals surface area contributed by atoms with Gasteiger partial charge in [0.1, 0.15) is 0 Å². The second kappa shape index (κ2) is 5.91. The van der Waals surface area contributed by atoms with E-state index in [4.69, 9.17) is 28.3 Å². The van der Waals surface area contributed by atoms with E-state index in [1.165, 1.54) is 0 Å². The van der Waals surface area contributed by atoms with Crippen LogP contribution in [-0.4, -0.2) is 29.1 Å². The molecular formula is C13H15Cl2NO2. The SMILES string of the molecule is O=C(O)CC1CCN(Cc2ccc(Cl)c(Cl)c2)C1. The molecule has 1 atom stereocenters. The summed E-state index contributed by atoms with van der Waals surface area (Å²) in [6.45, 7) is 2.58. The molecule has 1 fully saturated rings. The first kappa shape index (κ1) is 13.7. The highest BCUT2D eigenvalue weighted by Gasteiger charge is 2.24. The summed E-state index contributed by atoms with van der Waals surface area (Å²) in [6.07, 6.45) is 1.21. The number of carbonyl (C=O) groups is 1. The van der Waals surface area contributed by atoms with Gasteiger partial charge in [-0.15, -0.1) is 0 Å². The third-order valence-corrected chi connectivity index (χ3v) is 3.96. The molecule has 0 radical (unpaired) electrons. The van der Waals surface area contributed by atoms with Crippen LogP contribution in [0.3, 0.4) is 0 Å². The second-order valence-corrected chi connectivity index (χ2v) is 5.55. The van der Waals surface area contributed by atoms with E-state index >= 15 is 0 Å². The lowest BCUT2D eigenvalue weighted by atomic mass is 10.1. The van der Waals surface area contributed by atoms with Gasteiger partial charge in [0.25, 0.3) is 0 Å². The maximum Gasteiger partial charge on any atom is 0.303 e. The number of rotatable bonds is 4. The van der Waals surface area contributed by atoms with Crippen molar-refractivity contribution in [2.45, 2.75) is 19.4 Å². The van der Waals surface area contributed by atoms with Crippen molar-refractivity contribution < 1.29 is 9.90 Å². The average molecular weight is 288 g/mol. The maximum atomic E-state index is 10.7. The van der Waals surface area contributed by atoms with Gasteiger partial charge in [0.2, 0.25) is 0 Å². The van der Waals surface area contributed by atoms with Gasteiger partial charge in [0, 0.05) is 19.5 Å². The van der Waals surface area contributed by atoms with Gasteiger partial charge in [-0.05, 0) is 36.6 Å². The predicted molar refractivity (Wildman–Crippen MR) is 72.1 cm³/mol. The van der Waals surface area contributed by atoms with E-state index in [0.29, 0.717) is 10.0 Å². The van der Waals surface area contributed by atoms with Gasteiger partial charge in [-0.1, -0.05) is 29.3 Å². The molecule has 1 N–H and O–H groups in total. The highest BCUT2D eigenvalue weighted by atomic mass is 35.5. The zero-order chi connectivity index (χ0) is 13.1. The lowest BCUT2D eigenvalue weighted by Crippen LogP contribution is -2.20. The molecule has 1 heterocycles. The van der Waals surface area contributed by atoms with Crippen molar-refractivity contribution in [1.82, 2.24) is 4.90 Å². The number of likely N-dealkylation sites (tertiary alicyclic amines) is 1. The standard InChI is InChI=1S/C13H15Cl2NO2/c14-11-2-1-9(5-12(11)15)7-16-4-3-10(8-16)6-13(17)18/h1-2,5,10H,3-4,6-8H2,(H,17,18). The van der Waals surface area contributed by atoms with Crippen molar-refractivity contribution in [1.29, 1.82) is 0 Å². The summed E-state index contributed by atoms with van der Waals surface area (Å²) in [4.78, 5) is 12.9. The number of halogens is 2. The van der Waals surface area contributed by atoms with Crippen molar-refractivity contribution in [2.75, 3.05) is 13.1 Å². The molecule has 1 aliphatic rings. The molecule has 0 bridgehead atoms. The van der Waals surface area contributed by atoms with Crippen molar-refractivity contribution in [3.05, 3.63) is 33.8 Å². The van der Waals surface area contributed by atoms with Gasteiger partial charge in [-0.3, -0.25) is 9.69 Å². The van der Waals surface area contributed by atoms with E-state index in [9.17, 15) is 4.79 Å². The summed E-state index contributed by atoms with van der Waals surface area (Å²) in [5.74, 6) is -0.443. The summed E-state index contributed by atoms with van der Waals surface area (Å²) in [5.41, 5.74) is 1.11. The molecule has 1 saturated heterocycles. The number of aliphatic carboxylic acids is 1. The smallest absolute Gasteiger partial charge is 0.303 e. The molecule has 0 aliphatic carbocycles. The molecule has 1 aliphatic heterocycles. The van der Waals surface area contributed by atoms with Crippen molar-refractivity contribution in [3.63, 3.8) is 0 Å². The first-order valence-corrected chi connectivity index (χ1v) is 6.68. The molecule has 0 spiro atoms. The number of carboxylic acid groups (broad SMARTS) is 1. The minimum Gasteiger partial charge on any atom is -0.481 e. The maximum absolute atomic E-state index is 10.7. The third kappa shape index (κ3) is 3.61. The number of hydrogen-bond donors (Lipinski definition) is 1. The van der Waals surface area contributed by atoms with E-state index in [1.54, 1.807) is 6.07 Å². The molecule has 5 heteroatoms. The molecule has 1 aromatic carbocycles. The Bertz CT molecular complexity index is 451. The van der Waals surface area contributed by atoms with Crippen LogP contribution >= 0.6 is 23.2 Å². The Balaban J connectivity index is 1.91. The Hall–Kier alpha value is -0.770. The molecule has 98 valence electrons. The molecule has 18 heavy (non-hydrogen) atoms. The quantitative estimate of drug-likeness (QED) is 0.924. The molecule has 0 amide bonds. The number of nitrogens with zero attached hydrogens (tertiary/aromatic N) is 1. The lowest BCUT2D eigenvalue weighted by Gasteiger charge is -2.16. The summed E-state index contributed by atoms with van der Waals surface area (Å²) in [6, 6.07) is 5.62. The first-order chi connectivity index (χ1) is 8.54. The van der Waals surface area contributed by atoms with E-state index in [0.717, 1.165) is 31.6 Å². The fraction of sp³-hybridized carbons (Fsp3) is 0.462. The van der Waals surface area contributed by atoms with E-state index < -0.39 is 5.97 Å². The fourth-order valence-electron chi connectivity index (χ4n) is 2.37. The Kier molecular flexibility index (Phi) is 4.49. The predicted octanol–water partition coefficient (Wildman–Crippen LogP) is 3.29. The molecule has 3 nitrogen and oxygen atoms in total. The monoisotopic (exact) mass is 287 g/mol. The van der Waals surface area contributed by atoms with Gasteiger partial charge in [0.15, 0.2) is 0 Å². The van der Waals surface area contributed by atoms with Gasteiger partial charge in [0.05, 0.1) is 10.0 Å². The average Bonchev–Trinajstić information content (AvgIpc) is 2.70. The largest absolute Gasteiger partial charge is 0.481 e. The van der Waals surface area contributed by atoms with Crippen LogP contribution < -0.4 is 0 Å². The van der Waals surface area contributed by atoms with Gasteiger partial charge >= 0.3 is 5.97 Å². The van der Waals surface area contributed by atoms with Crippen LogP contribution in [-0.2, 0) is 11.3 Å². The van der Waals surface area contributed by atoms with Crippen LogP contribution in [0.2, 0.25) is 10.0 Å². The van der Waals surface area contributed by atoms with Crippen LogP contribution in [0.15, 0.2) is 18.2 Å². The second-order valence-electron chi connectivity index (χ2n) is 4.74. The zero-order valence-electron chi connectivity index (χ0n) is 9.90. The Morgan fingerprint density at radius 3 is 2.83 bits per heavy atom.